The first-order valence-electron chi connectivity index (χ1n) is 14.7. The summed E-state index contributed by atoms with van der Waals surface area (Å²) < 4.78 is 22.0. The van der Waals surface area contributed by atoms with E-state index in [2.05, 4.69) is 6.07 Å². The molecule has 0 bridgehead atoms. The molecule has 0 atom stereocenters. The Balaban J connectivity index is 1.31. The van der Waals surface area contributed by atoms with Crippen LogP contribution in [0.3, 0.4) is 0 Å². The maximum absolute atomic E-state index is 14.1. The quantitative estimate of drug-likeness (QED) is 0.181. The highest BCUT2D eigenvalue weighted by Crippen LogP contribution is 2.43. The fourth-order valence-electron chi connectivity index (χ4n) is 7.50. The maximum Gasteiger partial charge on any atom is 0.286 e. The Labute approximate surface area is 250 Å². The van der Waals surface area contributed by atoms with Crippen LogP contribution < -0.4 is 11.1 Å². The van der Waals surface area contributed by atoms with E-state index in [9.17, 15) is 9.59 Å². The van der Waals surface area contributed by atoms with E-state index in [1.165, 1.54) is 4.52 Å². The minimum absolute atomic E-state index is 0.270. The van der Waals surface area contributed by atoms with Crippen molar-refractivity contribution < 1.29 is 13.3 Å². The molecule has 0 aliphatic carbocycles. The highest BCUT2D eigenvalue weighted by atomic mass is 16.4. The first-order chi connectivity index (χ1) is 22.2. The Kier molecular flexibility index (Phi) is 4.00. The maximum atomic E-state index is 14.1. The predicted octanol–water partition coefficient (Wildman–Crippen LogP) is 8.87. The summed E-state index contributed by atoms with van der Waals surface area (Å²) in [4.78, 5) is 28.2. The van der Waals surface area contributed by atoms with Crippen molar-refractivity contribution in [1.82, 2.24) is 9.03 Å². The lowest BCUT2D eigenvalue weighted by molar-refractivity contribution is 0.596. The minimum atomic E-state index is -0.442. The number of fused-ring (bicyclic) bond motifs is 17. The lowest BCUT2D eigenvalue weighted by Crippen LogP contribution is -2.21. The number of rotatable bonds is 1. The number of hydrogen-bond acceptors (Lipinski definition) is 5. The molecule has 0 radical (unpaired) electrons. The van der Waals surface area contributed by atoms with Crippen molar-refractivity contribution in [3.8, 4) is 11.1 Å². The van der Waals surface area contributed by atoms with Gasteiger partial charge in [-0.25, -0.2) is 0 Å². The van der Waals surface area contributed by atoms with E-state index in [0.717, 1.165) is 59.1 Å². The van der Waals surface area contributed by atoms with Crippen LogP contribution in [-0.4, -0.2) is 9.03 Å². The number of para-hydroxylation sites is 2. The van der Waals surface area contributed by atoms with E-state index >= 15 is 0 Å². The molecule has 5 heterocycles. The van der Waals surface area contributed by atoms with Crippen LogP contribution in [0.2, 0.25) is 0 Å². The van der Waals surface area contributed by atoms with Crippen LogP contribution in [0.5, 0.6) is 0 Å². The van der Waals surface area contributed by atoms with Gasteiger partial charge in [0.2, 0.25) is 11.4 Å². The smallest absolute Gasteiger partial charge is 0.286 e. The zero-order valence-corrected chi connectivity index (χ0v) is 23.3. The highest BCUT2D eigenvalue weighted by Gasteiger charge is 2.29. The first kappa shape index (κ1) is 23.2. The van der Waals surface area contributed by atoms with E-state index in [4.69, 9.17) is 13.3 Å². The molecule has 0 unspecified atom stereocenters. The average Bonchev–Trinajstić information content (AvgIpc) is 3.87. The molecule has 210 valence electrons. The third kappa shape index (κ3) is 2.64. The van der Waals surface area contributed by atoms with E-state index < -0.39 is 11.1 Å². The summed E-state index contributed by atoms with van der Waals surface area (Å²) in [6.45, 7) is 0. The SMILES string of the molecule is O=c1c2c3cccc(-c4cccc5oc6ccccc6c45)c3oc2n2c3oc4c5ccccc5c5ccccc5c4c3c(=O)n12. The Morgan fingerprint density at radius 3 is 1.80 bits per heavy atom. The Bertz CT molecular complexity index is 3200. The van der Waals surface area contributed by atoms with Crippen LogP contribution in [0, 0.1) is 0 Å². The summed E-state index contributed by atoms with van der Waals surface area (Å²) in [6, 6.07) is 35.6. The summed E-state index contributed by atoms with van der Waals surface area (Å²) in [6.07, 6.45) is 0. The third-order valence-corrected chi connectivity index (χ3v) is 9.33. The molecule has 0 saturated heterocycles. The monoisotopic (exact) mass is 582 g/mol. The molecule has 0 aliphatic rings. The summed E-state index contributed by atoms with van der Waals surface area (Å²) in [5.41, 5.74) is 4.17. The van der Waals surface area contributed by atoms with Gasteiger partial charge in [0.05, 0.1) is 0 Å². The van der Waals surface area contributed by atoms with Gasteiger partial charge in [0.1, 0.15) is 33.1 Å². The van der Waals surface area contributed by atoms with Gasteiger partial charge in [-0.1, -0.05) is 97.1 Å². The summed E-state index contributed by atoms with van der Waals surface area (Å²) >= 11 is 0. The lowest BCUT2D eigenvalue weighted by atomic mass is 9.97. The summed E-state index contributed by atoms with van der Waals surface area (Å²) in [5, 5.41) is 7.84. The van der Waals surface area contributed by atoms with E-state index in [1.807, 2.05) is 103 Å². The van der Waals surface area contributed by atoms with Crippen molar-refractivity contribution in [2.75, 3.05) is 0 Å². The van der Waals surface area contributed by atoms with Gasteiger partial charge < -0.3 is 13.3 Å². The number of aromatic nitrogens is 2. The number of furan rings is 3. The second-order valence-corrected chi connectivity index (χ2v) is 11.6. The van der Waals surface area contributed by atoms with Crippen LogP contribution in [0.15, 0.2) is 132 Å². The topological polar surface area (TPSA) is 82.4 Å². The summed E-state index contributed by atoms with van der Waals surface area (Å²) in [7, 11) is 0. The molecule has 0 amide bonds. The van der Waals surface area contributed by atoms with Crippen molar-refractivity contribution in [2.24, 2.45) is 0 Å². The standard InChI is InChI=1S/C38H18N2O5/c41-35-31-26-16-7-15-24(22-14-8-18-28-29(22)25-13-5-6-17-27(25)43-28)33(26)44-37(31)40-38-32(36(42)39(35)40)30-21-11-3-1-9-19(21)20-10-2-4-12-23(20)34(30)45-38/h1-18H. The number of hydrogen-bond donors (Lipinski definition) is 0. The summed E-state index contributed by atoms with van der Waals surface area (Å²) in [5.74, 6) is 0. The van der Waals surface area contributed by atoms with Crippen LogP contribution in [0.25, 0.3) is 98.7 Å². The molecule has 0 aliphatic heterocycles. The van der Waals surface area contributed by atoms with Gasteiger partial charge in [-0.15, -0.1) is 0 Å². The van der Waals surface area contributed by atoms with Gasteiger partial charge >= 0.3 is 0 Å². The van der Waals surface area contributed by atoms with Crippen LogP contribution >= 0.6 is 0 Å². The highest BCUT2D eigenvalue weighted by molar-refractivity contribution is 6.30. The molecule has 5 aromatic heterocycles. The molecule has 0 N–H and O–H groups in total. The molecule has 0 fully saturated rings. The van der Waals surface area contributed by atoms with Gasteiger partial charge in [-0.05, 0) is 33.9 Å². The van der Waals surface area contributed by atoms with Gasteiger partial charge in [0.15, 0.2) is 0 Å². The van der Waals surface area contributed by atoms with Crippen LogP contribution in [0.4, 0.5) is 0 Å². The van der Waals surface area contributed by atoms with Crippen molar-refractivity contribution in [1.29, 1.82) is 0 Å². The van der Waals surface area contributed by atoms with Gasteiger partial charge in [0.25, 0.3) is 11.1 Å². The minimum Gasteiger partial charge on any atom is -0.456 e. The number of nitrogens with zero attached hydrogens (tertiary/aromatic N) is 2. The van der Waals surface area contributed by atoms with E-state index in [0.29, 0.717) is 32.7 Å². The molecule has 7 nitrogen and oxygen atoms in total. The molecule has 6 aromatic carbocycles. The zero-order valence-electron chi connectivity index (χ0n) is 23.3. The molecule has 0 saturated carbocycles. The second kappa shape index (κ2) is 7.78. The Morgan fingerprint density at radius 2 is 0.956 bits per heavy atom. The van der Waals surface area contributed by atoms with Crippen molar-refractivity contribution in [2.45, 2.75) is 0 Å². The molecule has 11 rings (SSSR count). The Hall–Kier alpha value is -6.34. The molecule has 11 aromatic rings. The van der Waals surface area contributed by atoms with Gasteiger partial charge in [0, 0.05) is 32.5 Å². The molecule has 45 heavy (non-hydrogen) atoms. The third-order valence-electron chi connectivity index (χ3n) is 9.33. The van der Waals surface area contributed by atoms with Crippen LogP contribution in [0.1, 0.15) is 0 Å². The predicted molar refractivity (Wildman–Crippen MR) is 177 cm³/mol. The molecule has 7 heteroatoms. The normalized spacial score (nSPS) is 12.6. The lowest BCUT2D eigenvalue weighted by Gasteiger charge is -2.05. The largest absolute Gasteiger partial charge is 0.456 e. The van der Waals surface area contributed by atoms with Crippen molar-refractivity contribution >= 4 is 87.6 Å². The zero-order chi connectivity index (χ0) is 29.6. The molecule has 0 spiro atoms. The first-order valence-corrected chi connectivity index (χ1v) is 14.7. The van der Waals surface area contributed by atoms with E-state index in [1.54, 1.807) is 0 Å². The fraction of sp³-hybridized carbons (Fsp3) is 0. The molecular formula is C38H18N2O5. The second-order valence-electron chi connectivity index (χ2n) is 11.6. The van der Waals surface area contributed by atoms with Gasteiger partial charge in [-0.3, -0.25) is 9.59 Å². The Morgan fingerprint density at radius 1 is 0.378 bits per heavy atom. The number of benzene rings is 6. The van der Waals surface area contributed by atoms with Crippen LogP contribution in [-0.2, 0) is 0 Å². The van der Waals surface area contributed by atoms with Gasteiger partial charge in [-0.2, -0.15) is 9.03 Å². The average molecular weight is 583 g/mol. The van der Waals surface area contributed by atoms with Crippen molar-refractivity contribution in [3.63, 3.8) is 0 Å². The van der Waals surface area contributed by atoms with E-state index in [-0.39, 0.29) is 11.4 Å². The molecular weight excluding hydrogens is 564 g/mol. The fourth-order valence-corrected chi connectivity index (χ4v) is 7.50. The van der Waals surface area contributed by atoms with Crippen molar-refractivity contribution in [3.05, 3.63) is 130 Å².